The van der Waals surface area contributed by atoms with Gasteiger partial charge < -0.3 is 0 Å². The van der Waals surface area contributed by atoms with Gasteiger partial charge >= 0.3 is 0 Å². The number of aryl methyl sites for hydroxylation is 2. The predicted octanol–water partition coefficient (Wildman–Crippen LogP) is 10.2. The Hall–Kier alpha value is -2.60. The van der Waals surface area contributed by atoms with E-state index in [-0.39, 0.29) is 0 Å². The fraction of sp³-hybridized carbons (Fsp3) is 0.355. The Morgan fingerprint density at radius 2 is 1.29 bits per heavy atom. The SMILES string of the molecule is C=C/C=C(\C)C1=CC=CCC1.CCC.CCC.Cc1ccccc1-c1ccccc1C. The molecule has 2 aromatic carbocycles. The maximum Gasteiger partial charge on any atom is -0.0152 e. The van der Waals surface area contributed by atoms with Crippen LogP contribution in [0.5, 0.6) is 0 Å². The Labute approximate surface area is 193 Å². The third-order valence-corrected chi connectivity index (χ3v) is 4.47. The minimum Gasteiger partial charge on any atom is -0.0991 e. The lowest BCUT2D eigenvalue weighted by Crippen LogP contribution is -1.88. The van der Waals surface area contributed by atoms with Gasteiger partial charge in [-0.3, -0.25) is 0 Å². The second kappa shape index (κ2) is 18.2. The van der Waals surface area contributed by atoms with Gasteiger partial charge in [0.05, 0.1) is 0 Å². The molecule has 0 aliphatic heterocycles. The molecule has 0 aromatic heterocycles. The van der Waals surface area contributed by atoms with Gasteiger partial charge in [-0.25, -0.2) is 0 Å². The van der Waals surface area contributed by atoms with E-state index in [2.05, 4.69) is 128 Å². The monoisotopic (exact) mass is 416 g/mol. The molecule has 3 rings (SSSR count). The van der Waals surface area contributed by atoms with Crippen LogP contribution in [0.15, 0.2) is 96.6 Å². The second-order valence-electron chi connectivity index (χ2n) is 7.79. The van der Waals surface area contributed by atoms with E-state index in [1.807, 2.05) is 6.08 Å². The van der Waals surface area contributed by atoms with Crippen LogP contribution < -0.4 is 0 Å². The van der Waals surface area contributed by atoms with Crippen molar-refractivity contribution in [2.24, 2.45) is 0 Å². The third kappa shape index (κ3) is 12.0. The van der Waals surface area contributed by atoms with Crippen molar-refractivity contribution in [1.82, 2.24) is 0 Å². The van der Waals surface area contributed by atoms with Gasteiger partial charge in [0, 0.05) is 0 Å². The fourth-order valence-corrected chi connectivity index (χ4v) is 2.97. The normalized spacial score (nSPS) is 12.1. The summed E-state index contributed by atoms with van der Waals surface area (Å²) < 4.78 is 0. The topological polar surface area (TPSA) is 0 Å². The zero-order valence-corrected chi connectivity index (χ0v) is 21.0. The van der Waals surface area contributed by atoms with E-state index in [0.29, 0.717) is 0 Å². The van der Waals surface area contributed by atoms with Crippen LogP contribution in [0.25, 0.3) is 11.1 Å². The van der Waals surface area contributed by atoms with Crippen LogP contribution in [0, 0.1) is 13.8 Å². The zero-order chi connectivity index (χ0) is 23.5. The van der Waals surface area contributed by atoms with Crippen molar-refractivity contribution in [2.45, 2.75) is 74.1 Å². The summed E-state index contributed by atoms with van der Waals surface area (Å²) >= 11 is 0. The Balaban J connectivity index is 0.000000473. The minimum atomic E-state index is 1.17. The molecule has 0 saturated heterocycles. The van der Waals surface area contributed by atoms with Crippen molar-refractivity contribution < 1.29 is 0 Å². The summed E-state index contributed by atoms with van der Waals surface area (Å²) in [5.74, 6) is 0. The highest BCUT2D eigenvalue weighted by atomic mass is 14.1. The molecule has 168 valence electrons. The van der Waals surface area contributed by atoms with E-state index in [1.165, 1.54) is 59.1 Å². The van der Waals surface area contributed by atoms with Crippen LogP contribution >= 0.6 is 0 Å². The first-order valence-electron chi connectivity index (χ1n) is 11.7. The average Bonchev–Trinajstić information content (AvgIpc) is 2.77. The van der Waals surface area contributed by atoms with Gasteiger partial charge in [-0.2, -0.15) is 0 Å². The minimum absolute atomic E-state index is 1.17. The molecule has 0 spiro atoms. The molecule has 0 atom stereocenters. The maximum absolute atomic E-state index is 3.67. The highest BCUT2D eigenvalue weighted by Crippen LogP contribution is 2.25. The standard InChI is InChI=1S/C14H14.C11H14.2C3H8/c1-11-7-3-5-9-13(11)14-10-6-4-8-12(14)2;1-3-7-10(2)11-8-5-4-6-9-11;2*1-3-2/h3-10H,1-2H3;3-5,7-8H,1,6,9H2,2H3;2*3H2,1-2H3/b;10-7+;;. The van der Waals surface area contributed by atoms with Crippen molar-refractivity contribution in [1.29, 1.82) is 0 Å². The molecule has 1 aliphatic carbocycles. The highest BCUT2D eigenvalue weighted by Gasteiger charge is 2.02. The largest absolute Gasteiger partial charge is 0.0991 e. The lowest BCUT2D eigenvalue weighted by Gasteiger charge is -2.08. The Kier molecular flexibility index (Phi) is 16.7. The molecule has 0 radical (unpaired) electrons. The van der Waals surface area contributed by atoms with Crippen LogP contribution in [-0.4, -0.2) is 0 Å². The van der Waals surface area contributed by atoms with Crippen molar-refractivity contribution in [2.75, 3.05) is 0 Å². The molecule has 0 nitrogen and oxygen atoms in total. The summed E-state index contributed by atoms with van der Waals surface area (Å²) in [7, 11) is 0. The zero-order valence-electron chi connectivity index (χ0n) is 21.0. The van der Waals surface area contributed by atoms with E-state index in [9.17, 15) is 0 Å². The van der Waals surface area contributed by atoms with Gasteiger partial charge in [0.15, 0.2) is 0 Å². The van der Waals surface area contributed by atoms with Gasteiger partial charge in [-0.1, -0.05) is 126 Å². The molecular weight excluding hydrogens is 372 g/mol. The first kappa shape index (κ1) is 28.4. The highest BCUT2D eigenvalue weighted by molar-refractivity contribution is 5.70. The van der Waals surface area contributed by atoms with E-state index in [0.717, 1.165) is 0 Å². The second-order valence-corrected chi connectivity index (χ2v) is 7.79. The molecule has 0 saturated carbocycles. The molecule has 0 unspecified atom stereocenters. The van der Waals surface area contributed by atoms with Crippen LogP contribution in [0.1, 0.15) is 71.4 Å². The first-order chi connectivity index (χ1) is 15.0. The van der Waals surface area contributed by atoms with Crippen molar-refractivity contribution in [3.05, 3.63) is 108 Å². The molecule has 0 heteroatoms. The van der Waals surface area contributed by atoms with Crippen LogP contribution in [-0.2, 0) is 0 Å². The van der Waals surface area contributed by atoms with Crippen LogP contribution in [0.2, 0.25) is 0 Å². The lowest BCUT2D eigenvalue weighted by molar-refractivity contribution is 0.968. The summed E-state index contributed by atoms with van der Waals surface area (Å²) in [5, 5.41) is 0. The molecular formula is C31H44. The number of benzene rings is 2. The molecule has 2 aromatic rings. The van der Waals surface area contributed by atoms with Crippen LogP contribution in [0.4, 0.5) is 0 Å². The van der Waals surface area contributed by atoms with Gasteiger partial charge in [0.2, 0.25) is 0 Å². The molecule has 0 bridgehead atoms. The Morgan fingerprint density at radius 3 is 1.65 bits per heavy atom. The number of rotatable bonds is 3. The lowest BCUT2D eigenvalue weighted by atomic mass is 9.97. The number of allylic oxidation sites excluding steroid dienone is 7. The van der Waals surface area contributed by atoms with Crippen molar-refractivity contribution >= 4 is 0 Å². The summed E-state index contributed by atoms with van der Waals surface area (Å²) in [6, 6.07) is 17.0. The smallest absolute Gasteiger partial charge is 0.0152 e. The molecule has 0 heterocycles. The number of hydrogen-bond acceptors (Lipinski definition) is 0. The predicted molar refractivity (Wildman–Crippen MR) is 144 cm³/mol. The van der Waals surface area contributed by atoms with E-state index in [4.69, 9.17) is 0 Å². The molecule has 0 amide bonds. The van der Waals surface area contributed by atoms with E-state index < -0.39 is 0 Å². The van der Waals surface area contributed by atoms with Crippen molar-refractivity contribution in [3.8, 4) is 11.1 Å². The van der Waals surface area contributed by atoms with Gasteiger partial charge in [0.1, 0.15) is 0 Å². The van der Waals surface area contributed by atoms with Gasteiger partial charge in [0.25, 0.3) is 0 Å². The van der Waals surface area contributed by atoms with Crippen molar-refractivity contribution in [3.63, 3.8) is 0 Å². The van der Waals surface area contributed by atoms with E-state index in [1.54, 1.807) is 0 Å². The molecule has 31 heavy (non-hydrogen) atoms. The average molecular weight is 417 g/mol. The van der Waals surface area contributed by atoms with Crippen LogP contribution in [0.3, 0.4) is 0 Å². The molecule has 0 N–H and O–H groups in total. The summed E-state index contributed by atoms with van der Waals surface area (Å²) in [4.78, 5) is 0. The summed E-state index contributed by atoms with van der Waals surface area (Å²) in [6.45, 7) is 18.6. The molecule has 1 aliphatic rings. The maximum atomic E-state index is 3.67. The van der Waals surface area contributed by atoms with Gasteiger partial charge in [-0.15, -0.1) is 0 Å². The first-order valence-corrected chi connectivity index (χ1v) is 11.7. The van der Waals surface area contributed by atoms with Gasteiger partial charge in [-0.05, 0) is 67.0 Å². The third-order valence-electron chi connectivity index (χ3n) is 4.47. The quantitative estimate of drug-likeness (QED) is 0.436. The Morgan fingerprint density at radius 1 is 0.839 bits per heavy atom. The summed E-state index contributed by atoms with van der Waals surface area (Å²) in [5.41, 5.74) is 8.12. The number of hydrogen-bond donors (Lipinski definition) is 0. The summed E-state index contributed by atoms with van der Waals surface area (Å²) in [6.07, 6.45) is 15.3. The molecule has 0 fully saturated rings. The fourth-order valence-electron chi connectivity index (χ4n) is 2.97. The Bertz CT molecular complexity index is 785. The van der Waals surface area contributed by atoms with E-state index >= 15 is 0 Å².